The number of rotatable bonds is 2. The van der Waals surface area contributed by atoms with Gasteiger partial charge in [-0.3, -0.25) is 0 Å². The molecule has 0 radical (unpaired) electrons. The van der Waals surface area contributed by atoms with E-state index in [2.05, 4.69) is 12.2 Å². The summed E-state index contributed by atoms with van der Waals surface area (Å²) in [5.74, 6) is 1.14. The fraction of sp³-hybridized carbons (Fsp3) is 0.857. The van der Waals surface area contributed by atoms with E-state index < -0.39 is 0 Å². The van der Waals surface area contributed by atoms with E-state index in [-0.39, 0.29) is 12.2 Å². The maximum Gasteiger partial charge on any atom is 0.0545 e. The molecule has 2 N–H and O–H groups in total. The van der Waals surface area contributed by atoms with Gasteiger partial charge in [0.2, 0.25) is 0 Å². The average Bonchev–Trinajstić information content (AvgIpc) is 2.27. The molecule has 0 spiro atoms. The first-order valence-electron chi connectivity index (χ1n) is 6.78. The molecule has 2 saturated carbocycles. The van der Waals surface area contributed by atoms with Crippen LogP contribution in [0.25, 0.3) is 0 Å². The molecule has 2 aliphatic rings. The van der Waals surface area contributed by atoms with E-state index in [4.69, 9.17) is 0 Å². The Labute approximate surface area is 98.4 Å². The zero-order chi connectivity index (χ0) is 11.4. The van der Waals surface area contributed by atoms with Gasteiger partial charge in [0.1, 0.15) is 0 Å². The van der Waals surface area contributed by atoms with Crippen LogP contribution in [0.5, 0.6) is 0 Å². The maximum absolute atomic E-state index is 9.58. The second-order valence-electron chi connectivity index (χ2n) is 5.55. The Morgan fingerprint density at radius 2 is 1.12 bits per heavy atom. The predicted molar refractivity (Wildman–Crippen MR) is 65.1 cm³/mol. The van der Waals surface area contributed by atoms with Crippen molar-refractivity contribution in [1.29, 1.82) is 0 Å². The second kappa shape index (κ2) is 5.83. The summed E-state index contributed by atoms with van der Waals surface area (Å²) in [5, 5.41) is 19.2. The van der Waals surface area contributed by atoms with Gasteiger partial charge in [0, 0.05) is 0 Å². The highest BCUT2D eigenvalue weighted by molar-refractivity contribution is 4.96. The topological polar surface area (TPSA) is 40.5 Å². The molecule has 0 aromatic heterocycles. The zero-order valence-electron chi connectivity index (χ0n) is 10.0. The Balaban J connectivity index is 1.78. The van der Waals surface area contributed by atoms with Gasteiger partial charge >= 0.3 is 0 Å². The molecule has 4 unspecified atom stereocenters. The van der Waals surface area contributed by atoms with Crippen LogP contribution in [0.15, 0.2) is 12.2 Å². The van der Waals surface area contributed by atoms with Crippen molar-refractivity contribution in [3.8, 4) is 0 Å². The Morgan fingerprint density at radius 1 is 0.688 bits per heavy atom. The molecule has 0 bridgehead atoms. The van der Waals surface area contributed by atoms with E-state index >= 15 is 0 Å². The fourth-order valence-corrected chi connectivity index (χ4v) is 3.07. The molecule has 0 aromatic carbocycles. The molecule has 2 fully saturated rings. The maximum atomic E-state index is 9.58. The Bertz CT molecular complexity index is 213. The molecule has 2 nitrogen and oxygen atoms in total. The SMILES string of the molecule is OC1CCCC(C=CC2CCCC(O)C2)C1. The predicted octanol–water partition coefficient (Wildman–Crippen LogP) is 2.64. The van der Waals surface area contributed by atoms with Crippen molar-refractivity contribution in [1.82, 2.24) is 0 Å². The van der Waals surface area contributed by atoms with Crippen molar-refractivity contribution in [2.75, 3.05) is 0 Å². The first kappa shape index (κ1) is 12.1. The number of aliphatic hydroxyl groups excluding tert-OH is 2. The third-order valence-electron chi connectivity index (χ3n) is 4.03. The standard InChI is InChI=1S/C14H24O2/c15-13-5-1-3-11(9-13)7-8-12-4-2-6-14(16)10-12/h7-8,11-16H,1-6,9-10H2. The van der Waals surface area contributed by atoms with E-state index in [1.54, 1.807) is 0 Å². The lowest BCUT2D eigenvalue weighted by atomic mass is 9.83. The van der Waals surface area contributed by atoms with Crippen molar-refractivity contribution in [3.05, 3.63) is 12.2 Å². The molecule has 0 aliphatic heterocycles. The third kappa shape index (κ3) is 3.60. The van der Waals surface area contributed by atoms with Crippen LogP contribution < -0.4 is 0 Å². The minimum absolute atomic E-state index is 0.0830. The van der Waals surface area contributed by atoms with Crippen molar-refractivity contribution in [2.24, 2.45) is 11.8 Å². The average molecular weight is 224 g/mol. The van der Waals surface area contributed by atoms with Crippen LogP contribution in [-0.4, -0.2) is 22.4 Å². The van der Waals surface area contributed by atoms with Crippen LogP contribution in [-0.2, 0) is 0 Å². The van der Waals surface area contributed by atoms with Crippen molar-refractivity contribution in [2.45, 2.75) is 63.6 Å². The van der Waals surface area contributed by atoms with E-state index in [1.807, 2.05) is 0 Å². The second-order valence-corrected chi connectivity index (χ2v) is 5.55. The molecular formula is C14H24O2. The smallest absolute Gasteiger partial charge is 0.0545 e. The highest BCUT2D eigenvalue weighted by Crippen LogP contribution is 2.29. The van der Waals surface area contributed by atoms with Crippen LogP contribution in [0, 0.1) is 11.8 Å². The van der Waals surface area contributed by atoms with Gasteiger partial charge in [0.25, 0.3) is 0 Å². The Hall–Kier alpha value is -0.340. The van der Waals surface area contributed by atoms with E-state index in [1.165, 1.54) is 12.8 Å². The largest absolute Gasteiger partial charge is 0.393 e. The number of hydrogen-bond donors (Lipinski definition) is 2. The highest BCUT2D eigenvalue weighted by Gasteiger charge is 2.20. The van der Waals surface area contributed by atoms with Crippen LogP contribution in [0.1, 0.15) is 51.4 Å². The van der Waals surface area contributed by atoms with Gasteiger partial charge in [-0.15, -0.1) is 0 Å². The Kier molecular flexibility index (Phi) is 4.42. The van der Waals surface area contributed by atoms with Gasteiger partial charge in [0.15, 0.2) is 0 Å². The van der Waals surface area contributed by atoms with Crippen molar-refractivity contribution in [3.63, 3.8) is 0 Å². The van der Waals surface area contributed by atoms with Gasteiger partial charge in [-0.25, -0.2) is 0 Å². The molecule has 2 aliphatic carbocycles. The fourth-order valence-electron chi connectivity index (χ4n) is 3.07. The van der Waals surface area contributed by atoms with E-state index in [0.717, 1.165) is 38.5 Å². The first-order valence-corrected chi connectivity index (χ1v) is 6.78. The third-order valence-corrected chi connectivity index (χ3v) is 4.03. The number of aliphatic hydroxyl groups is 2. The summed E-state index contributed by atoms with van der Waals surface area (Å²) in [5.41, 5.74) is 0. The summed E-state index contributed by atoms with van der Waals surface area (Å²) >= 11 is 0. The lowest BCUT2D eigenvalue weighted by Gasteiger charge is -2.26. The highest BCUT2D eigenvalue weighted by atomic mass is 16.3. The van der Waals surface area contributed by atoms with Crippen molar-refractivity contribution < 1.29 is 10.2 Å². The van der Waals surface area contributed by atoms with Gasteiger partial charge < -0.3 is 10.2 Å². The minimum atomic E-state index is -0.0830. The summed E-state index contributed by atoms with van der Waals surface area (Å²) in [7, 11) is 0. The molecule has 4 atom stereocenters. The monoisotopic (exact) mass is 224 g/mol. The van der Waals surface area contributed by atoms with E-state index in [0.29, 0.717) is 11.8 Å². The lowest BCUT2D eigenvalue weighted by molar-refractivity contribution is 0.109. The van der Waals surface area contributed by atoms with Gasteiger partial charge in [-0.1, -0.05) is 25.0 Å². The normalized spacial score (nSPS) is 41.4. The minimum Gasteiger partial charge on any atom is -0.393 e. The van der Waals surface area contributed by atoms with Crippen LogP contribution in [0.3, 0.4) is 0 Å². The molecule has 0 saturated heterocycles. The summed E-state index contributed by atoms with van der Waals surface area (Å²) in [6.45, 7) is 0. The van der Waals surface area contributed by atoms with Crippen LogP contribution >= 0.6 is 0 Å². The molecular weight excluding hydrogens is 200 g/mol. The van der Waals surface area contributed by atoms with Crippen LogP contribution in [0.2, 0.25) is 0 Å². The lowest BCUT2D eigenvalue weighted by Crippen LogP contribution is -2.20. The molecule has 2 rings (SSSR count). The zero-order valence-corrected chi connectivity index (χ0v) is 10.0. The van der Waals surface area contributed by atoms with Gasteiger partial charge in [0.05, 0.1) is 12.2 Å². The summed E-state index contributed by atoms with van der Waals surface area (Å²) < 4.78 is 0. The molecule has 2 heteroatoms. The molecule has 0 amide bonds. The summed E-state index contributed by atoms with van der Waals surface area (Å²) in [6, 6.07) is 0. The van der Waals surface area contributed by atoms with E-state index in [9.17, 15) is 10.2 Å². The Morgan fingerprint density at radius 3 is 1.50 bits per heavy atom. The van der Waals surface area contributed by atoms with Crippen LogP contribution in [0.4, 0.5) is 0 Å². The van der Waals surface area contributed by atoms with Gasteiger partial charge in [-0.05, 0) is 50.4 Å². The molecule has 0 aromatic rings. The molecule has 92 valence electrons. The molecule has 16 heavy (non-hydrogen) atoms. The van der Waals surface area contributed by atoms with Gasteiger partial charge in [-0.2, -0.15) is 0 Å². The molecule has 0 heterocycles. The number of hydrogen-bond acceptors (Lipinski definition) is 2. The summed E-state index contributed by atoms with van der Waals surface area (Å²) in [6.07, 6.45) is 13.0. The quantitative estimate of drug-likeness (QED) is 0.708. The van der Waals surface area contributed by atoms with Crippen molar-refractivity contribution >= 4 is 0 Å². The summed E-state index contributed by atoms with van der Waals surface area (Å²) in [4.78, 5) is 0. The number of allylic oxidation sites excluding steroid dienone is 2. The first-order chi connectivity index (χ1) is 7.74.